The Kier molecular flexibility index (Phi) is 6.51. The third kappa shape index (κ3) is 4.68. The first-order valence-corrected chi connectivity index (χ1v) is 10.8. The normalized spacial score (nSPS) is 28.5. The Bertz CT molecular complexity index is 765. The van der Waals surface area contributed by atoms with Crippen LogP contribution in [0.15, 0.2) is 60.7 Å². The molecule has 1 saturated heterocycles. The predicted molar refractivity (Wildman–Crippen MR) is 116 cm³/mol. The first kappa shape index (κ1) is 19.7. The Morgan fingerprint density at radius 2 is 1.39 bits per heavy atom. The second-order valence-corrected chi connectivity index (χ2v) is 8.50. The lowest BCUT2D eigenvalue weighted by Gasteiger charge is -2.37. The van der Waals surface area contributed by atoms with Crippen LogP contribution in [-0.4, -0.2) is 19.5 Å². The molecule has 1 saturated carbocycles. The van der Waals surface area contributed by atoms with Gasteiger partial charge in [0.05, 0.1) is 13.2 Å². The van der Waals surface area contributed by atoms with E-state index in [4.69, 9.17) is 21.1 Å². The molecule has 3 heteroatoms. The number of ether oxygens (including phenoxy) is 2. The van der Waals surface area contributed by atoms with Gasteiger partial charge in [-0.3, -0.25) is 0 Å². The van der Waals surface area contributed by atoms with Crippen LogP contribution in [0, 0.1) is 11.8 Å². The molecule has 1 aliphatic heterocycles. The van der Waals surface area contributed by atoms with E-state index in [1.807, 2.05) is 12.1 Å². The largest absolute Gasteiger partial charge is 0.352 e. The molecule has 0 unspecified atom stereocenters. The van der Waals surface area contributed by atoms with E-state index in [0.29, 0.717) is 17.8 Å². The fourth-order valence-electron chi connectivity index (χ4n) is 4.50. The quantitative estimate of drug-likeness (QED) is 0.526. The van der Waals surface area contributed by atoms with Crippen molar-refractivity contribution >= 4 is 11.6 Å². The second-order valence-electron chi connectivity index (χ2n) is 8.06. The van der Waals surface area contributed by atoms with Crippen molar-refractivity contribution in [1.29, 1.82) is 0 Å². The van der Waals surface area contributed by atoms with Crippen LogP contribution in [0.5, 0.6) is 0 Å². The van der Waals surface area contributed by atoms with Gasteiger partial charge in [0, 0.05) is 16.9 Å². The van der Waals surface area contributed by atoms with Crippen molar-refractivity contribution in [1.82, 2.24) is 0 Å². The highest BCUT2D eigenvalue weighted by Gasteiger charge is 2.32. The molecule has 2 aromatic rings. The van der Waals surface area contributed by atoms with Crippen LogP contribution in [0.25, 0.3) is 11.1 Å². The number of rotatable bonds is 4. The summed E-state index contributed by atoms with van der Waals surface area (Å²) in [6.07, 6.45) is 9.06. The zero-order chi connectivity index (χ0) is 19.3. The average Bonchev–Trinajstić information content (AvgIpc) is 2.75. The van der Waals surface area contributed by atoms with Gasteiger partial charge in [0.15, 0.2) is 6.29 Å². The second kappa shape index (κ2) is 9.26. The predicted octanol–water partition coefficient (Wildman–Crippen LogP) is 6.85. The number of hydrogen-bond donors (Lipinski definition) is 0. The fourth-order valence-corrected chi connectivity index (χ4v) is 4.63. The van der Waals surface area contributed by atoms with E-state index in [1.54, 1.807) is 0 Å². The summed E-state index contributed by atoms with van der Waals surface area (Å²) < 4.78 is 12.0. The molecule has 0 spiro atoms. The molecule has 0 radical (unpaired) electrons. The molecular formula is C25H29ClO2. The van der Waals surface area contributed by atoms with E-state index in [9.17, 15) is 0 Å². The van der Waals surface area contributed by atoms with Crippen LogP contribution in [0.2, 0.25) is 5.02 Å². The van der Waals surface area contributed by atoms with Crippen molar-refractivity contribution in [2.45, 2.75) is 44.8 Å². The van der Waals surface area contributed by atoms with Crippen molar-refractivity contribution in [2.24, 2.45) is 11.8 Å². The van der Waals surface area contributed by atoms with E-state index >= 15 is 0 Å². The van der Waals surface area contributed by atoms with Crippen LogP contribution >= 0.6 is 11.6 Å². The van der Waals surface area contributed by atoms with E-state index in [2.05, 4.69) is 55.5 Å². The molecule has 2 aliphatic rings. The summed E-state index contributed by atoms with van der Waals surface area (Å²) >= 11 is 5.99. The molecule has 0 N–H and O–H groups in total. The lowest BCUT2D eigenvalue weighted by atomic mass is 9.78. The molecule has 4 rings (SSSR count). The molecule has 28 heavy (non-hydrogen) atoms. The number of benzene rings is 2. The number of hydrogen-bond acceptors (Lipinski definition) is 2. The minimum absolute atomic E-state index is 0.00487. The van der Waals surface area contributed by atoms with Gasteiger partial charge < -0.3 is 9.47 Å². The Morgan fingerprint density at radius 1 is 0.821 bits per heavy atom. The third-order valence-corrected chi connectivity index (χ3v) is 6.38. The highest BCUT2D eigenvalue weighted by atomic mass is 35.5. The van der Waals surface area contributed by atoms with Crippen molar-refractivity contribution in [3.05, 3.63) is 71.3 Å². The molecular weight excluding hydrogens is 368 g/mol. The van der Waals surface area contributed by atoms with Crippen LogP contribution in [-0.2, 0) is 9.47 Å². The van der Waals surface area contributed by atoms with E-state index < -0.39 is 0 Å². The van der Waals surface area contributed by atoms with E-state index in [0.717, 1.165) is 18.2 Å². The topological polar surface area (TPSA) is 18.5 Å². The average molecular weight is 397 g/mol. The molecule has 0 bridgehead atoms. The summed E-state index contributed by atoms with van der Waals surface area (Å²) in [5, 5.41) is 0.778. The first-order valence-electron chi connectivity index (χ1n) is 10.4. The first-order chi connectivity index (χ1) is 13.7. The molecule has 2 nitrogen and oxygen atoms in total. The van der Waals surface area contributed by atoms with Crippen molar-refractivity contribution in [3.8, 4) is 11.1 Å². The van der Waals surface area contributed by atoms with Crippen LogP contribution in [0.1, 0.15) is 44.1 Å². The lowest BCUT2D eigenvalue weighted by Crippen LogP contribution is -2.37. The van der Waals surface area contributed by atoms with Crippen LogP contribution in [0.4, 0.5) is 0 Å². The molecule has 0 atom stereocenters. The maximum atomic E-state index is 6.01. The van der Waals surface area contributed by atoms with Gasteiger partial charge in [0.2, 0.25) is 0 Å². The van der Waals surface area contributed by atoms with Crippen LogP contribution < -0.4 is 0 Å². The van der Waals surface area contributed by atoms with E-state index in [-0.39, 0.29) is 6.29 Å². The SMILES string of the molecule is CC=C[C@H]1CO[C@H]([C@H]2CC[C@H](c3ccc(-c4ccc(Cl)cc4)cc3)CC2)OC1. The van der Waals surface area contributed by atoms with Gasteiger partial charge in [0.25, 0.3) is 0 Å². The summed E-state index contributed by atoms with van der Waals surface area (Å²) in [6, 6.07) is 17.1. The van der Waals surface area contributed by atoms with Gasteiger partial charge in [-0.1, -0.05) is 60.2 Å². The van der Waals surface area contributed by atoms with Crippen molar-refractivity contribution in [3.63, 3.8) is 0 Å². The standard InChI is InChI=1S/C25H29ClO2/c1-2-3-18-16-27-25(28-17-18)23-10-8-21(9-11-23)19-4-6-20(7-5-19)22-12-14-24(26)15-13-22/h2-7,12-15,18,21,23,25H,8-11,16-17H2,1H3/t18-,21-,23-,25-. The molecule has 0 amide bonds. The van der Waals surface area contributed by atoms with E-state index in [1.165, 1.54) is 42.4 Å². The Labute approximate surface area is 173 Å². The molecule has 2 fully saturated rings. The van der Waals surface area contributed by atoms with Gasteiger partial charge in [-0.15, -0.1) is 0 Å². The summed E-state index contributed by atoms with van der Waals surface area (Å²) in [6.45, 7) is 3.64. The van der Waals surface area contributed by atoms with Crippen molar-refractivity contribution in [2.75, 3.05) is 13.2 Å². The number of allylic oxidation sites excluding steroid dienone is 1. The summed E-state index contributed by atoms with van der Waals surface area (Å²) in [5.74, 6) is 1.60. The summed E-state index contributed by atoms with van der Waals surface area (Å²) in [5.41, 5.74) is 3.91. The minimum Gasteiger partial charge on any atom is -0.352 e. The molecule has 148 valence electrons. The Balaban J connectivity index is 1.31. The lowest BCUT2D eigenvalue weighted by molar-refractivity contribution is -0.222. The Morgan fingerprint density at radius 3 is 1.96 bits per heavy atom. The minimum atomic E-state index is -0.00487. The van der Waals surface area contributed by atoms with Crippen molar-refractivity contribution < 1.29 is 9.47 Å². The van der Waals surface area contributed by atoms with Crippen LogP contribution in [0.3, 0.4) is 0 Å². The summed E-state index contributed by atoms with van der Waals surface area (Å²) in [4.78, 5) is 0. The zero-order valence-corrected chi connectivity index (χ0v) is 17.3. The molecule has 1 heterocycles. The molecule has 0 aromatic heterocycles. The highest BCUT2D eigenvalue weighted by molar-refractivity contribution is 6.30. The Hall–Kier alpha value is -1.61. The molecule has 2 aromatic carbocycles. The van der Waals surface area contributed by atoms with Gasteiger partial charge in [0.1, 0.15) is 0 Å². The monoisotopic (exact) mass is 396 g/mol. The number of halogens is 1. The maximum Gasteiger partial charge on any atom is 0.160 e. The highest BCUT2D eigenvalue weighted by Crippen LogP contribution is 2.39. The van der Waals surface area contributed by atoms with Gasteiger partial charge in [-0.25, -0.2) is 0 Å². The van der Waals surface area contributed by atoms with Gasteiger partial charge >= 0.3 is 0 Å². The summed E-state index contributed by atoms with van der Waals surface area (Å²) in [7, 11) is 0. The zero-order valence-electron chi connectivity index (χ0n) is 16.5. The maximum absolute atomic E-state index is 6.01. The van der Waals surface area contributed by atoms with Gasteiger partial charge in [-0.2, -0.15) is 0 Å². The fraction of sp³-hybridized carbons (Fsp3) is 0.440. The molecule has 1 aliphatic carbocycles. The third-order valence-electron chi connectivity index (χ3n) is 6.13. The van der Waals surface area contributed by atoms with Gasteiger partial charge in [-0.05, 0) is 67.3 Å². The smallest absolute Gasteiger partial charge is 0.160 e.